The molecular weight excluding hydrogens is 230 g/mol. The Balaban J connectivity index is 2.42. The molecule has 1 aromatic heterocycles. The summed E-state index contributed by atoms with van der Waals surface area (Å²) in [7, 11) is 1.53. The van der Waals surface area contributed by atoms with Crippen LogP contribution in [0.2, 0.25) is 5.02 Å². The fourth-order valence-corrected chi connectivity index (χ4v) is 1.59. The summed E-state index contributed by atoms with van der Waals surface area (Å²) in [6.07, 6.45) is 0.395. The molecule has 84 valence electrons. The second kappa shape index (κ2) is 4.51. The van der Waals surface area contributed by atoms with E-state index in [9.17, 15) is 5.11 Å². The fourth-order valence-electron chi connectivity index (χ4n) is 1.41. The van der Waals surface area contributed by atoms with E-state index < -0.39 is 6.10 Å². The molecule has 16 heavy (non-hydrogen) atoms. The van der Waals surface area contributed by atoms with Crippen LogP contribution in [-0.2, 0) is 0 Å². The van der Waals surface area contributed by atoms with Gasteiger partial charge in [-0.2, -0.15) is 5.10 Å². The summed E-state index contributed by atoms with van der Waals surface area (Å²) in [5.41, 5.74) is 0.548. The second-order valence-corrected chi connectivity index (χ2v) is 3.60. The van der Waals surface area contributed by atoms with Crippen LogP contribution < -0.4 is 4.74 Å². The van der Waals surface area contributed by atoms with Crippen molar-refractivity contribution in [2.45, 2.75) is 6.10 Å². The highest BCUT2D eigenvalue weighted by Crippen LogP contribution is 2.30. The van der Waals surface area contributed by atoms with Gasteiger partial charge in [-0.1, -0.05) is 11.6 Å². The maximum absolute atomic E-state index is 10.0. The minimum Gasteiger partial charge on any atom is -0.496 e. The number of halogens is 1. The molecule has 0 saturated carbocycles. The lowest BCUT2D eigenvalue weighted by Gasteiger charge is -2.12. The van der Waals surface area contributed by atoms with Gasteiger partial charge in [0.05, 0.1) is 7.11 Å². The standard InChI is InChI=1S/C10H10ClN3O2/c1-16-8-3-2-6(11)4-7(8)9(15)10-12-5-13-14-10/h2-5,9,15H,1H3,(H,12,13,14). The predicted molar refractivity (Wildman–Crippen MR) is 58.4 cm³/mol. The molecule has 1 atom stereocenters. The summed E-state index contributed by atoms with van der Waals surface area (Å²) in [6, 6.07) is 5.02. The molecule has 2 N–H and O–H groups in total. The van der Waals surface area contributed by atoms with Gasteiger partial charge in [0.2, 0.25) is 0 Å². The van der Waals surface area contributed by atoms with Crippen LogP contribution in [0.1, 0.15) is 17.5 Å². The molecule has 0 aliphatic carbocycles. The number of nitrogens with zero attached hydrogens (tertiary/aromatic N) is 2. The number of aliphatic hydroxyl groups excluding tert-OH is 1. The number of H-pyrrole nitrogens is 1. The molecule has 2 aromatic rings. The van der Waals surface area contributed by atoms with Gasteiger partial charge in [-0.3, -0.25) is 5.10 Å². The monoisotopic (exact) mass is 239 g/mol. The minimum absolute atomic E-state index is 0.348. The van der Waals surface area contributed by atoms with Crippen LogP contribution in [0, 0.1) is 0 Å². The van der Waals surface area contributed by atoms with Crippen molar-refractivity contribution in [3.8, 4) is 5.75 Å². The molecule has 0 radical (unpaired) electrons. The van der Waals surface area contributed by atoms with Gasteiger partial charge in [-0.25, -0.2) is 4.98 Å². The van der Waals surface area contributed by atoms with Gasteiger partial charge >= 0.3 is 0 Å². The van der Waals surface area contributed by atoms with E-state index in [4.69, 9.17) is 16.3 Å². The average molecular weight is 240 g/mol. The molecule has 6 heteroatoms. The highest BCUT2D eigenvalue weighted by atomic mass is 35.5. The molecule has 1 aromatic carbocycles. The lowest BCUT2D eigenvalue weighted by atomic mass is 10.1. The first kappa shape index (κ1) is 10.9. The Bertz CT molecular complexity index is 473. The molecule has 0 aliphatic rings. The van der Waals surface area contributed by atoms with Crippen molar-refractivity contribution < 1.29 is 9.84 Å². The maximum Gasteiger partial charge on any atom is 0.157 e. The molecule has 0 bridgehead atoms. The summed E-state index contributed by atoms with van der Waals surface area (Å²) in [6.45, 7) is 0. The molecule has 0 aliphatic heterocycles. The van der Waals surface area contributed by atoms with Crippen LogP contribution in [0.4, 0.5) is 0 Å². The number of hydrogen-bond acceptors (Lipinski definition) is 4. The molecule has 2 rings (SSSR count). The number of aromatic nitrogens is 3. The first-order valence-corrected chi connectivity index (χ1v) is 4.97. The molecule has 0 saturated heterocycles. The van der Waals surface area contributed by atoms with Crippen LogP contribution >= 0.6 is 11.6 Å². The maximum atomic E-state index is 10.0. The van der Waals surface area contributed by atoms with Crippen LogP contribution in [0.15, 0.2) is 24.5 Å². The smallest absolute Gasteiger partial charge is 0.157 e. The summed E-state index contributed by atoms with van der Waals surface area (Å²) < 4.78 is 5.14. The van der Waals surface area contributed by atoms with Gasteiger partial charge in [0.1, 0.15) is 18.2 Å². The van der Waals surface area contributed by atoms with Gasteiger partial charge in [0.15, 0.2) is 5.82 Å². The Labute approximate surface area is 97.0 Å². The lowest BCUT2D eigenvalue weighted by Crippen LogP contribution is -2.04. The molecule has 1 unspecified atom stereocenters. The second-order valence-electron chi connectivity index (χ2n) is 3.16. The number of methoxy groups -OCH3 is 1. The molecule has 1 heterocycles. The van der Waals surface area contributed by atoms with E-state index >= 15 is 0 Å². The molecule has 5 nitrogen and oxygen atoms in total. The number of aromatic amines is 1. The van der Waals surface area contributed by atoms with Gasteiger partial charge in [0.25, 0.3) is 0 Å². The fraction of sp³-hybridized carbons (Fsp3) is 0.200. The van der Waals surface area contributed by atoms with Crippen LogP contribution in [0.25, 0.3) is 0 Å². The van der Waals surface area contributed by atoms with Crippen molar-refractivity contribution in [1.82, 2.24) is 15.2 Å². The Morgan fingerprint density at radius 1 is 1.50 bits per heavy atom. The molecular formula is C10H10ClN3O2. The van der Waals surface area contributed by atoms with E-state index in [-0.39, 0.29) is 0 Å². The topological polar surface area (TPSA) is 71.0 Å². The zero-order valence-corrected chi connectivity index (χ0v) is 9.27. The number of benzene rings is 1. The Morgan fingerprint density at radius 2 is 2.31 bits per heavy atom. The van der Waals surface area contributed by atoms with Gasteiger partial charge < -0.3 is 9.84 Å². The van der Waals surface area contributed by atoms with Crippen molar-refractivity contribution in [3.63, 3.8) is 0 Å². The Hall–Kier alpha value is -1.59. The van der Waals surface area contributed by atoms with Crippen molar-refractivity contribution in [3.05, 3.63) is 40.9 Å². The number of aliphatic hydroxyl groups is 1. The Morgan fingerprint density at radius 3 is 2.94 bits per heavy atom. The highest BCUT2D eigenvalue weighted by molar-refractivity contribution is 6.30. The van der Waals surface area contributed by atoms with E-state index in [1.807, 2.05) is 0 Å². The highest BCUT2D eigenvalue weighted by Gasteiger charge is 2.18. The van der Waals surface area contributed by atoms with Gasteiger partial charge in [0, 0.05) is 10.6 Å². The van der Waals surface area contributed by atoms with E-state index in [0.29, 0.717) is 22.2 Å². The molecule has 0 amide bonds. The zero-order chi connectivity index (χ0) is 11.5. The van der Waals surface area contributed by atoms with Gasteiger partial charge in [-0.05, 0) is 18.2 Å². The number of nitrogens with one attached hydrogen (secondary N) is 1. The summed E-state index contributed by atoms with van der Waals surface area (Å²) in [4.78, 5) is 3.88. The lowest BCUT2D eigenvalue weighted by molar-refractivity contribution is 0.205. The normalized spacial score (nSPS) is 12.4. The summed E-state index contributed by atoms with van der Waals surface area (Å²) in [5.74, 6) is 0.897. The van der Waals surface area contributed by atoms with E-state index in [1.165, 1.54) is 13.4 Å². The van der Waals surface area contributed by atoms with Crippen molar-refractivity contribution >= 4 is 11.6 Å². The zero-order valence-electron chi connectivity index (χ0n) is 8.51. The number of rotatable bonds is 3. The molecule has 0 fully saturated rings. The number of hydrogen-bond donors (Lipinski definition) is 2. The summed E-state index contributed by atoms with van der Waals surface area (Å²) in [5, 5.41) is 16.8. The third kappa shape index (κ3) is 2.00. The SMILES string of the molecule is COc1ccc(Cl)cc1C(O)c1ncn[nH]1. The average Bonchev–Trinajstić information content (AvgIpc) is 2.81. The van der Waals surface area contributed by atoms with Crippen molar-refractivity contribution in [2.75, 3.05) is 7.11 Å². The summed E-state index contributed by atoms with van der Waals surface area (Å²) >= 11 is 5.87. The predicted octanol–water partition coefficient (Wildman–Crippen LogP) is 1.55. The van der Waals surface area contributed by atoms with Gasteiger partial charge in [-0.15, -0.1) is 0 Å². The van der Waals surface area contributed by atoms with Crippen LogP contribution in [-0.4, -0.2) is 27.4 Å². The first-order chi connectivity index (χ1) is 7.72. The van der Waals surface area contributed by atoms with E-state index in [0.717, 1.165) is 0 Å². The third-order valence-corrected chi connectivity index (χ3v) is 2.41. The number of ether oxygens (including phenoxy) is 1. The van der Waals surface area contributed by atoms with Crippen molar-refractivity contribution in [1.29, 1.82) is 0 Å². The Kier molecular flexibility index (Phi) is 3.07. The van der Waals surface area contributed by atoms with E-state index in [2.05, 4.69) is 15.2 Å². The first-order valence-electron chi connectivity index (χ1n) is 4.59. The minimum atomic E-state index is -0.934. The largest absolute Gasteiger partial charge is 0.496 e. The molecule has 0 spiro atoms. The van der Waals surface area contributed by atoms with Crippen LogP contribution in [0.5, 0.6) is 5.75 Å². The van der Waals surface area contributed by atoms with Crippen LogP contribution in [0.3, 0.4) is 0 Å². The quantitative estimate of drug-likeness (QED) is 0.853. The van der Waals surface area contributed by atoms with Crippen molar-refractivity contribution in [2.24, 2.45) is 0 Å². The third-order valence-electron chi connectivity index (χ3n) is 2.18. The van der Waals surface area contributed by atoms with E-state index in [1.54, 1.807) is 18.2 Å².